The van der Waals surface area contributed by atoms with Crippen LogP contribution in [0.4, 0.5) is 10.1 Å². The Labute approximate surface area is 150 Å². The van der Waals surface area contributed by atoms with E-state index in [1.165, 1.54) is 25.3 Å². The lowest BCUT2D eigenvalue weighted by Crippen LogP contribution is -2.32. The molecule has 0 aromatic heterocycles. The minimum Gasteiger partial charge on any atom is -0.496 e. The van der Waals surface area contributed by atoms with Gasteiger partial charge in [0.1, 0.15) is 17.3 Å². The number of carbonyl (C=O) groups excluding carboxylic acids is 1. The Hall–Kier alpha value is -3.22. The fraction of sp³-hybridized carbons (Fsp3) is 0.211. The van der Waals surface area contributed by atoms with Crippen LogP contribution in [-0.2, 0) is 4.79 Å². The third kappa shape index (κ3) is 3.42. The Bertz CT molecular complexity index is 891. The molecule has 6 nitrogen and oxygen atoms in total. The number of hydrogen-bond acceptors (Lipinski definition) is 5. The molecule has 2 aromatic rings. The van der Waals surface area contributed by atoms with Gasteiger partial charge in [0.05, 0.1) is 12.8 Å². The Balaban J connectivity index is 2.05. The first-order valence-corrected chi connectivity index (χ1v) is 8.21. The van der Waals surface area contributed by atoms with Crippen molar-refractivity contribution >= 4 is 17.3 Å². The van der Waals surface area contributed by atoms with Crippen LogP contribution in [0.2, 0.25) is 0 Å². The van der Waals surface area contributed by atoms with Crippen LogP contribution in [0, 0.1) is 5.82 Å². The fourth-order valence-electron chi connectivity index (χ4n) is 2.68. The lowest BCUT2D eigenvalue weighted by molar-refractivity contribution is -0.117. The largest absolute Gasteiger partial charge is 0.496 e. The summed E-state index contributed by atoms with van der Waals surface area (Å²) in [5, 5.41) is 2.78. The van der Waals surface area contributed by atoms with Crippen LogP contribution in [0.1, 0.15) is 18.4 Å². The molecule has 2 aromatic carbocycles. The lowest BCUT2D eigenvalue weighted by atomic mass is 9.97. The van der Waals surface area contributed by atoms with E-state index in [4.69, 9.17) is 21.9 Å². The number of anilines is 1. The highest BCUT2D eigenvalue weighted by atomic mass is 19.1. The third-order valence-corrected chi connectivity index (χ3v) is 4.30. The van der Waals surface area contributed by atoms with Gasteiger partial charge in [-0.3, -0.25) is 4.79 Å². The van der Waals surface area contributed by atoms with E-state index in [2.05, 4.69) is 5.32 Å². The topological polar surface area (TPSA) is 116 Å². The zero-order valence-electron chi connectivity index (χ0n) is 14.4. The number of nitrogen functional groups attached to an aromatic ring is 1. The lowest BCUT2D eigenvalue weighted by Gasteiger charge is -2.15. The predicted octanol–water partition coefficient (Wildman–Crippen LogP) is 1.95. The van der Waals surface area contributed by atoms with E-state index in [0.29, 0.717) is 22.4 Å². The van der Waals surface area contributed by atoms with Crippen LogP contribution >= 0.6 is 0 Å². The average molecular weight is 356 g/mol. The molecule has 0 aliphatic heterocycles. The Kier molecular flexibility index (Phi) is 4.71. The molecule has 0 heterocycles. The highest BCUT2D eigenvalue weighted by Crippen LogP contribution is 2.37. The second kappa shape index (κ2) is 6.95. The van der Waals surface area contributed by atoms with E-state index in [9.17, 15) is 9.18 Å². The maximum atomic E-state index is 13.7. The summed E-state index contributed by atoms with van der Waals surface area (Å²) in [5.74, 6) is -0.368. The molecule has 3 rings (SSSR count). The van der Waals surface area contributed by atoms with Gasteiger partial charge in [0.25, 0.3) is 5.91 Å². The van der Waals surface area contributed by atoms with E-state index in [1.807, 2.05) is 0 Å². The summed E-state index contributed by atoms with van der Waals surface area (Å²) in [7, 11) is 1.49. The molecule has 26 heavy (non-hydrogen) atoms. The van der Waals surface area contributed by atoms with Crippen molar-refractivity contribution in [2.75, 3.05) is 12.8 Å². The Morgan fingerprint density at radius 3 is 2.58 bits per heavy atom. The third-order valence-electron chi connectivity index (χ3n) is 4.30. The normalized spacial score (nSPS) is 14.5. The molecular weight excluding hydrogens is 335 g/mol. The van der Waals surface area contributed by atoms with Gasteiger partial charge < -0.3 is 27.3 Å². The van der Waals surface area contributed by atoms with Crippen LogP contribution in [0.25, 0.3) is 16.8 Å². The SMILES string of the molecule is COc1ccc(F)cc1-c1cccc(/C(N)=C(\N)C(=O)NC2CC2)c1N. The molecule has 7 N–H and O–H groups in total. The van der Waals surface area contributed by atoms with Gasteiger partial charge in [-0.15, -0.1) is 0 Å². The Morgan fingerprint density at radius 2 is 1.92 bits per heavy atom. The van der Waals surface area contributed by atoms with Gasteiger partial charge in [-0.1, -0.05) is 18.2 Å². The predicted molar refractivity (Wildman–Crippen MR) is 99.3 cm³/mol. The minimum atomic E-state index is -0.419. The Morgan fingerprint density at radius 1 is 1.19 bits per heavy atom. The molecule has 1 saturated carbocycles. The molecule has 1 amide bonds. The number of carbonyl (C=O) groups is 1. The molecule has 7 heteroatoms. The zero-order valence-corrected chi connectivity index (χ0v) is 14.4. The second-order valence-corrected chi connectivity index (χ2v) is 6.19. The molecule has 136 valence electrons. The smallest absolute Gasteiger partial charge is 0.269 e. The van der Waals surface area contributed by atoms with Gasteiger partial charge in [0.2, 0.25) is 0 Å². The maximum absolute atomic E-state index is 13.7. The van der Waals surface area contributed by atoms with E-state index in [1.54, 1.807) is 18.2 Å². The summed E-state index contributed by atoms with van der Waals surface area (Å²) in [4.78, 5) is 12.1. The van der Waals surface area contributed by atoms with Gasteiger partial charge in [0.15, 0.2) is 0 Å². The second-order valence-electron chi connectivity index (χ2n) is 6.19. The van der Waals surface area contributed by atoms with Crippen LogP contribution in [-0.4, -0.2) is 19.1 Å². The number of methoxy groups -OCH3 is 1. The number of rotatable bonds is 5. The monoisotopic (exact) mass is 356 g/mol. The van der Waals surface area contributed by atoms with Crippen LogP contribution in [0.15, 0.2) is 42.1 Å². The molecular formula is C19H21FN4O2. The fourth-order valence-corrected chi connectivity index (χ4v) is 2.68. The van der Waals surface area contributed by atoms with Gasteiger partial charge in [-0.25, -0.2) is 4.39 Å². The molecule has 0 unspecified atom stereocenters. The number of hydrogen-bond donors (Lipinski definition) is 4. The van der Waals surface area contributed by atoms with Crippen LogP contribution in [0.3, 0.4) is 0 Å². The number of benzene rings is 2. The molecule has 1 aliphatic carbocycles. The van der Waals surface area contributed by atoms with E-state index < -0.39 is 11.7 Å². The summed E-state index contributed by atoms with van der Waals surface area (Å²) in [6, 6.07) is 9.42. The summed E-state index contributed by atoms with van der Waals surface area (Å²) >= 11 is 0. The van der Waals surface area contributed by atoms with Crippen molar-refractivity contribution in [3.05, 3.63) is 53.5 Å². The van der Waals surface area contributed by atoms with Crippen molar-refractivity contribution in [3.63, 3.8) is 0 Å². The average Bonchev–Trinajstić information content (AvgIpc) is 3.44. The highest BCUT2D eigenvalue weighted by molar-refractivity contribution is 6.02. The van der Waals surface area contributed by atoms with Crippen molar-refractivity contribution in [2.24, 2.45) is 11.5 Å². The molecule has 1 fully saturated rings. The number of halogens is 1. The van der Waals surface area contributed by atoms with E-state index in [0.717, 1.165) is 12.8 Å². The van der Waals surface area contributed by atoms with Gasteiger partial charge >= 0.3 is 0 Å². The number of nitrogens with two attached hydrogens (primary N) is 3. The first-order valence-electron chi connectivity index (χ1n) is 8.21. The summed E-state index contributed by atoms with van der Waals surface area (Å²) < 4.78 is 19.0. The number of nitrogens with one attached hydrogen (secondary N) is 1. The van der Waals surface area contributed by atoms with Crippen molar-refractivity contribution in [3.8, 4) is 16.9 Å². The highest BCUT2D eigenvalue weighted by Gasteiger charge is 2.25. The maximum Gasteiger partial charge on any atom is 0.269 e. The van der Waals surface area contributed by atoms with Gasteiger partial charge in [0, 0.05) is 28.4 Å². The summed E-state index contributed by atoms with van der Waals surface area (Å²) in [5.41, 5.74) is 20.0. The van der Waals surface area contributed by atoms with Crippen LogP contribution < -0.4 is 27.3 Å². The first kappa shape index (κ1) is 17.6. The summed E-state index contributed by atoms with van der Waals surface area (Å²) in [6.07, 6.45) is 1.88. The molecule has 1 aliphatic rings. The van der Waals surface area contributed by atoms with Gasteiger partial charge in [-0.05, 0) is 31.0 Å². The van der Waals surface area contributed by atoms with Crippen molar-refractivity contribution in [2.45, 2.75) is 18.9 Å². The first-order chi connectivity index (χ1) is 12.4. The number of amides is 1. The number of para-hydroxylation sites is 1. The zero-order chi connectivity index (χ0) is 18.8. The van der Waals surface area contributed by atoms with E-state index >= 15 is 0 Å². The van der Waals surface area contributed by atoms with E-state index in [-0.39, 0.29) is 23.1 Å². The minimum absolute atomic E-state index is 0.0814. The molecule has 0 saturated heterocycles. The molecule has 0 spiro atoms. The standard InChI is InChI=1S/C19H21FN4O2/c1-26-15-8-5-10(20)9-14(15)12-3-2-4-13(16(12)21)17(22)18(23)19(25)24-11-6-7-11/h2-5,8-9,11H,6-7,21-23H2,1H3,(H,24,25)/b18-17+. The van der Waals surface area contributed by atoms with Crippen molar-refractivity contribution < 1.29 is 13.9 Å². The van der Waals surface area contributed by atoms with Crippen LogP contribution in [0.5, 0.6) is 5.75 Å². The number of ether oxygens (including phenoxy) is 1. The van der Waals surface area contributed by atoms with Crippen molar-refractivity contribution in [1.82, 2.24) is 5.32 Å². The molecule has 0 bridgehead atoms. The summed E-state index contributed by atoms with van der Waals surface area (Å²) in [6.45, 7) is 0. The van der Waals surface area contributed by atoms with Gasteiger partial charge in [-0.2, -0.15) is 0 Å². The van der Waals surface area contributed by atoms with Crippen molar-refractivity contribution in [1.29, 1.82) is 0 Å². The molecule has 0 atom stereocenters. The molecule has 0 radical (unpaired) electrons. The quantitative estimate of drug-likeness (QED) is 0.483.